The number of nitrogens with zero attached hydrogens (tertiary/aromatic N) is 3. The zero-order valence-corrected chi connectivity index (χ0v) is 13.5. The summed E-state index contributed by atoms with van der Waals surface area (Å²) in [4.78, 5) is 13.0. The first kappa shape index (κ1) is 15.2. The second-order valence-corrected chi connectivity index (χ2v) is 5.84. The van der Waals surface area contributed by atoms with E-state index in [0.717, 1.165) is 28.5 Å². The van der Waals surface area contributed by atoms with Crippen LogP contribution in [0.2, 0.25) is 0 Å². The number of aryl methyl sites for hydroxylation is 1. The third-order valence-electron chi connectivity index (χ3n) is 3.29. The Morgan fingerprint density at radius 3 is 3.04 bits per heavy atom. The summed E-state index contributed by atoms with van der Waals surface area (Å²) >= 11 is 1.59. The maximum Gasteiger partial charge on any atom is 0.248 e. The molecule has 0 aliphatic heterocycles. The molecule has 3 rings (SSSR count). The van der Waals surface area contributed by atoms with E-state index in [4.69, 9.17) is 0 Å². The Hall–Kier alpha value is -2.73. The van der Waals surface area contributed by atoms with E-state index in [0.29, 0.717) is 0 Å². The van der Waals surface area contributed by atoms with Gasteiger partial charge in [-0.1, -0.05) is 18.2 Å². The van der Waals surface area contributed by atoms with Crippen molar-refractivity contribution in [3.63, 3.8) is 0 Å². The van der Waals surface area contributed by atoms with Crippen molar-refractivity contribution in [1.29, 1.82) is 0 Å². The van der Waals surface area contributed by atoms with Crippen molar-refractivity contribution in [1.82, 2.24) is 14.8 Å². The number of amides is 1. The van der Waals surface area contributed by atoms with E-state index in [1.165, 1.54) is 6.08 Å². The summed E-state index contributed by atoms with van der Waals surface area (Å²) in [5.74, 6) is 0.630. The third-order valence-corrected chi connectivity index (χ3v) is 4.12. The summed E-state index contributed by atoms with van der Waals surface area (Å²) in [6.07, 6.45) is 5.04. The number of rotatable bonds is 5. The van der Waals surface area contributed by atoms with E-state index >= 15 is 0 Å². The van der Waals surface area contributed by atoms with Gasteiger partial charge in [-0.25, -0.2) is 0 Å². The number of carbonyl (C=O) groups excluding carboxylic acids is 1. The molecule has 0 unspecified atom stereocenters. The molecule has 1 amide bonds. The topological polar surface area (TPSA) is 59.8 Å². The van der Waals surface area contributed by atoms with E-state index in [-0.39, 0.29) is 5.91 Å². The standard InChI is InChI=1S/C17H16N4OS/c1-2-21-12-18-20-17(21)13-5-3-6-14(11-13)19-16(22)9-8-15-7-4-10-23-15/h3-12H,2H2,1H3,(H,19,22). The maximum absolute atomic E-state index is 12.0. The number of benzene rings is 1. The van der Waals surface area contributed by atoms with Crippen LogP contribution < -0.4 is 5.32 Å². The van der Waals surface area contributed by atoms with Crippen molar-refractivity contribution in [2.75, 3.05) is 5.32 Å². The van der Waals surface area contributed by atoms with Crippen molar-refractivity contribution in [3.05, 3.63) is 59.1 Å². The lowest BCUT2D eigenvalue weighted by molar-refractivity contribution is -0.111. The largest absolute Gasteiger partial charge is 0.322 e. The lowest BCUT2D eigenvalue weighted by atomic mass is 10.2. The molecule has 1 N–H and O–H groups in total. The Morgan fingerprint density at radius 2 is 2.26 bits per heavy atom. The molecule has 0 bridgehead atoms. The van der Waals surface area contributed by atoms with Crippen LogP contribution in [-0.2, 0) is 11.3 Å². The maximum atomic E-state index is 12.0. The molecule has 5 nitrogen and oxygen atoms in total. The van der Waals surface area contributed by atoms with Gasteiger partial charge in [0.15, 0.2) is 5.82 Å². The molecule has 0 atom stereocenters. The normalized spacial score (nSPS) is 11.0. The first-order valence-electron chi connectivity index (χ1n) is 7.27. The smallest absolute Gasteiger partial charge is 0.248 e. The SMILES string of the molecule is CCn1cnnc1-c1cccc(NC(=O)C=Cc2cccs2)c1. The summed E-state index contributed by atoms with van der Waals surface area (Å²) in [6, 6.07) is 11.5. The molecule has 3 aromatic rings. The first-order valence-corrected chi connectivity index (χ1v) is 8.15. The van der Waals surface area contributed by atoms with Crippen molar-refractivity contribution in [2.45, 2.75) is 13.5 Å². The third kappa shape index (κ3) is 3.73. The minimum atomic E-state index is -0.160. The number of hydrogen-bond donors (Lipinski definition) is 1. The Kier molecular flexibility index (Phi) is 4.63. The first-order chi connectivity index (χ1) is 11.3. The van der Waals surface area contributed by atoms with Gasteiger partial charge in [-0.05, 0) is 36.6 Å². The average molecular weight is 324 g/mol. The average Bonchev–Trinajstić information content (AvgIpc) is 3.24. The molecule has 116 valence electrons. The van der Waals surface area contributed by atoms with Gasteiger partial charge < -0.3 is 9.88 Å². The van der Waals surface area contributed by atoms with Crippen LogP contribution in [0.1, 0.15) is 11.8 Å². The van der Waals surface area contributed by atoms with E-state index in [9.17, 15) is 4.79 Å². The van der Waals surface area contributed by atoms with Crippen LogP contribution in [0.3, 0.4) is 0 Å². The highest BCUT2D eigenvalue weighted by Gasteiger charge is 2.07. The van der Waals surface area contributed by atoms with E-state index in [1.807, 2.05) is 53.3 Å². The van der Waals surface area contributed by atoms with Gasteiger partial charge in [-0.2, -0.15) is 0 Å². The predicted molar refractivity (Wildman–Crippen MR) is 93.1 cm³/mol. The number of hydrogen-bond acceptors (Lipinski definition) is 4. The van der Waals surface area contributed by atoms with Gasteiger partial charge in [0, 0.05) is 28.7 Å². The molecule has 0 aliphatic carbocycles. The van der Waals surface area contributed by atoms with Crippen molar-refractivity contribution < 1.29 is 4.79 Å². The van der Waals surface area contributed by atoms with Crippen LogP contribution in [0.4, 0.5) is 5.69 Å². The van der Waals surface area contributed by atoms with Gasteiger partial charge in [-0.15, -0.1) is 21.5 Å². The summed E-state index contributed by atoms with van der Waals surface area (Å²) in [5.41, 5.74) is 1.65. The minimum Gasteiger partial charge on any atom is -0.322 e. The fraction of sp³-hybridized carbons (Fsp3) is 0.118. The van der Waals surface area contributed by atoms with Gasteiger partial charge in [-0.3, -0.25) is 4.79 Å². The Labute approximate surface area is 138 Å². The molecule has 0 radical (unpaired) electrons. The number of carbonyl (C=O) groups is 1. The van der Waals surface area contributed by atoms with Crippen LogP contribution in [0.15, 0.2) is 54.2 Å². The van der Waals surface area contributed by atoms with Crippen molar-refractivity contribution in [2.24, 2.45) is 0 Å². The number of aromatic nitrogens is 3. The fourth-order valence-electron chi connectivity index (χ4n) is 2.17. The van der Waals surface area contributed by atoms with Gasteiger partial charge in [0.1, 0.15) is 6.33 Å². The molecule has 1 aromatic carbocycles. The number of thiophene rings is 1. The Bertz CT molecular complexity index is 821. The Morgan fingerprint density at radius 1 is 1.35 bits per heavy atom. The van der Waals surface area contributed by atoms with Crippen LogP contribution in [0, 0.1) is 0 Å². The monoisotopic (exact) mass is 324 g/mol. The van der Waals surface area contributed by atoms with Gasteiger partial charge in [0.2, 0.25) is 5.91 Å². The molecular weight excluding hydrogens is 308 g/mol. The van der Waals surface area contributed by atoms with Gasteiger partial charge >= 0.3 is 0 Å². The van der Waals surface area contributed by atoms with Gasteiger partial charge in [0.25, 0.3) is 0 Å². The van der Waals surface area contributed by atoms with Gasteiger partial charge in [0.05, 0.1) is 0 Å². The second-order valence-electron chi connectivity index (χ2n) is 4.86. The summed E-state index contributed by atoms with van der Waals surface area (Å²) in [7, 11) is 0. The van der Waals surface area contributed by atoms with Crippen LogP contribution >= 0.6 is 11.3 Å². The molecule has 2 aromatic heterocycles. The second kappa shape index (κ2) is 7.02. The molecule has 0 aliphatic rings. The molecule has 2 heterocycles. The molecule has 23 heavy (non-hydrogen) atoms. The van der Waals surface area contributed by atoms with E-state index < -0.39 is 0 Å². The van der Waals surface area contributed by atoms with E-state index in [1.54, 1.807) is 23.7 Å². The molecule has 0 saturated heterocycles. The Balaban J connectivity index is 1.74. The zero-order chi connectivity index (χ0) is 16.1. The highest BCUT2D eigenvalue weighted by atomic mass is 32.1. The summed E-state index contributed by atoms with van der Waals surface area (Å²) < 4.78 is 1.96. The number of anilines is 1. The highest BCUT2D eigenvalue weighted by molar-refractivity contribution is 7.10. The predicted octanol–water partition coefficient (Wildman–Crippen LogP) is 3.68. The fourth-order valence-corrected chi connectivity index (χ4v) is 2.79. The van der Waals surface area contributed by atoms with Crippen molar-refractivity contribution >= 4 is 29.0 Å². The lowest BCUT2D eigenvalue weighted by Crippen LogP contribution is -2.07. The molecular formula is C17H16N4OS. The molecule has 0 saturated carbocycles. The quantitative estimate of drug-likeness (QED) is 0.728. The van der Waals surface area contributed by atoms with Crippen LogP contribution in [0.5, 0.6) is 0 Å². The van der Waals surface area contributed by atoms with E-state index in [2.05, 4.69) is 15.5 Å². The molecule has 6 heteroatoms. The molecule has 0 fully saturated rings. The summed E-state index contributed by atoms with van der Waals surface area (Å²) in [6.45, 7) is 2.83. The van der Waals surface area contributed by atoms with Crippen LogP contribution in [0.25, 0.3) is 17.5 Å². The minimum absolute atomic E-state index is 0.160. The van der Waals surface area contributed by atoms with Crippen molar-refractivity contribution in [3.8, 4) is 11.4 Å². The summed E-state index contributed by atoms with van der Waals surface area (Å²) in [5, 5.41) is 12.9. The lowest BCUT2D eigenvalue weighted by Gasteiger charge is -2.06. The number of nitrogens with one attached hydrogen (secondary N) is 1. The highest BCUT2D eigenvalue weighted by Crippen LogP contribution is 2.20. The molecule has 0 spiro atoms. The zero-order valence-electron chi connectivity index (χ0n) is 12.6. The van der Waals surface area contributed by atoms with Crippen LogP contribution in [-0.4, -0.2) is 20.7 Å².